The standard InChI is InChI=1S/C13H21NO/c1-9-3-4-11(7-10(9)2)14-12-5-6-13(15)8-12/h8-11,14H,3-7H2,1-2H3. The molecule has 0 radical (unpaired) electrons. The number of hydrogen-bond acceptors (Lipinski definition) is 2. The number of hydrogen-bond donors (Lipinski definition) is 1. The summed E-state index contributed by atoms with van der Waals surface area (Å²) >= 11 is 0. The quantitative estimate of drug-likeness (QED) is 0.754. The number of carbonyl (C=O) groups is 1. The van der Waals surface area contributed by atoms with Crippen molar-refractivity contribution in [3.05, 3.63) is 11.8 Å². The first-order chi connectivity index (χ1) is 7.15. The van der Waals surface area contributed by atoms with Crippen LogP contribution in [0.1, 0.15) is 46.0 Å². The first kappa shape index (κ1) is 10.7. The molecule has 0 amide bonds. The van der Waals surface area contributed by atoms with Crippen LogP contribution in [0, 0.1) is 11.8 Å². The summed E-state index contributed by atoms with van der Waals surface area (Å²) in [5.74, 6) is 1.96. The zero-order valence-electron chi connectivity index (χ0n) is 9.75. The van der Waals surface area contributed by atoms with Gasteiger partial charge >= 0.3 is 0 Å². The predicted molar refractivity (Wildman–Crippen MR) is 61.4 cm³/mol. The Morgan fingerprint density at radius 2 is 2.00 bits per heavy atom. The van der Waals surface area contributed by atoms with Crippen molar-refractivity contribution >= 4 is 5.78 Å². The highest BCUT2D eigenvalue weighted by molar-refractivity contribution is 5.92. The first-order valence-electron chi connectivity index (χ1n) is 6.15. The fourth-order valence-corrected chi connectivity index (χ4v) is 2.65. The van der Waals surface area contributed by atoms with Gasteiger partial charge in [-0.3, -0.25) is 4.79 Å². The molecule has 0 bridgehead atoms. The molecule has 3 atom stereocenters. The maximum Gasteiger partial charge on any atom is 0.157 e. The van der Waals surface area contributed by atoms with Gasteiger partial charge in [-0.2, -0.15) is 0 Å². The fraction of sp³-hybridized carbons (Fsp3) is 0.769. The van der Waals surface area contributed by atoms with E-state index in [4.69, 9.17) is 0 Å². The van der Waals surface area contributed by atoms with E-state index >= 15 is 0 Å². The summed E-state index contributed by atoms with van der Waals surface area (Å²) in [6.07, 6.45) is 7.27. The van der Waals surface area contributed by atoms with Gasteiger partial charge in [0.25, 0.3) is 0 Å². The van der Waals surface area contributed by atoms with Crippen LogP contribution in [0.2, 0.25) is 0 Å². The highest BCUT2D eigenvalue weighted by Gasteiger charge is 2.25. The van der Waals surface area contributed by atoms with Crippen LogP contribution in [0.25, 0.3) is 0 Å². The summed E-state index contributed by atoms with van der Waals surface area (Å²) in [6.45, 7) is 4.69. The lowest BCUT2D eigenvalue weighted by Gasteiger charge is -2.33. The Kier molecular flexibility index (Phi) is 3.13. The maximum absolute atomic E-state index is 11.1. The Labute approximate surface area is 92.1 Å². The monoisotopic (exact) mass is 207 g/mol. The van der Waals surface area contributed by atoms with Crippen molar-refractivity contribution in [1.82, 2.24) is 5.32 Å². The molecule has 0 heterocycles. The summed E-state index contributed by atoms with van der Waals surface area (Å²) in [5, 5.41) is 3.54. The molecule has 1 N–H and O–H groups in total. The van der Waals surface area contributed by atoms with E-state index in [2.05, 4.69) is 19.2 Å². The lowest BCUT2D eigenvalue weighted by Crippen LogP contribution is -2.35. The first-order valence-corrected chi connectivity index (χ1v) is 6.15. The van der Waals surface area contributed by atoms with Gasteiger partial charge in [-0.1, -0.05) is 13.8 Å². The number of carbonyl (C=O) groups excluding carboxylic acids is 1. The Hall–Kier alpha value is -0.790. The van der Waals surface area contributed by atoms with Crippen LogP contribution in [-0.2, 0) is 4.79 Å². The van der Waals surface area contributed by atoms with E-state index in [1.807, 2.05) is 0 Å². The highest BCUT2D eigenvalue weighted by atomic mass is 16.1. The van der Waals surface area contributed by atoms with E-state index in [0.717, 1.165) is 18.3 Å². The lowest BCUT2D eigenvalue weighted by atomic mass is 9.79. The van der Waals surface area contributed by atoms with Gasteiger partial charge in [0.2, 0.25) is 0 Å². The molecule has 2 aliphatic rings. The number of nitrogens with one attached hydrogen (secondary N) is 1. The number of rotatable bonds is 2. The van der Waals surface area contributed by atoms with Crippen LogP contribution < -0.4 is 5.32 Å². The molecule has 3 unspecified atom stereocenters. The van der Waals surface area contributed by atoms with Crippen LogP contribution in [0.3, 0.4) is 0 Å². The smallest absolute Gasteiger partial charge is 0.157 e. The lowest BCUT2D eigenvalue weighted by molar-refractivity contribution is -0.114. The van der Waals surface area contributed by atoms with Gasteiger partial charge in [0.15, 0.2) is 5.78 Å². The van der Waals surface area contributed by atoms with Gasteiger partial charge in [0.1, 0.15) is 0 Å². The second kappa shape index (κ2) is 4.38. The molecule has 0 saturated heterocycles. The van der Waals surface area contributed by atoms with E-state index < -0.39 is 0 Å². The normalized spacial score (nSPS) is 36.5. The molecule has 1 fully saturated rings. The second-order valence-electron chi connectivity index (χ2n) is 5.24. The topological polar surface area (TPSA) is 29.1 Å². The molecule has 84 valence electrons. The molecule has 2 rings (SSSR count). The van der Waals surface area contributed by atoms with Crippen LogP contribution in [0.15, 0.2) is 11.8 Å². The summed E-state index contributed by atoms with van der Waals surface area (Å²) in [6, 6.07) is 0.605. The molecule has 15 heavy (non-hydrogen) atoms. The predicted octanol–water partition coefficient (Wildman–Crippen LogP) is 2.65. The van der Waals surface area contributed by atoms with Gasteiger partial charge in [0.05, 0.1) is 0 Å². The Morgan fingerprint density at radius 3 is 2.60 bits per heavy atom. The number of ketones is 1. The summed E-state index contributed by atoms with van der Waals surface area (Å²) in [4.78, 5) is 11.1. The minimum Gasteiger partial charge on any atom is -0.385 e. The molecule has 2 nitrogen and oxygen atoms in total. The van der Waals surface area contributed by atoms with Crippen LogP contribution >= 0.6 is 0 Å². The average molecular weight is 207 g/mol. The third kappa shape index (κ3) is 2.61. The summed E-state index contributed by atoms with van der Waals surface area (Å²) in [7, 11) is 0. The molecule has 2 aliphatic carbocycles. The molecule has 0 aromatic heterocycles. The summed E-state index contributed by atoms with van der Waals surface area (Å²) < 4.78 is 0. The Balaban J connectivity index is 1.85. The second-order valence-corrected chi connectivity index (χ2v) is 5.24. The number of allylic oxidation sites excluding steroid dienone is 2. The van der Waals surface area contributed by atoms with Crippen LogP contribution in [0.4, 0.5) is 0 Å². The van der Waals surface area contributed by atoms with E-state index in [-0.39, 0.29) is 5.78 Å². The molecule has 2 heteroatoms. The zero-order chi connectivity index (χ0) is 10.8. The highest BCUT2D eigenvalue weighted by Crippen LogP contribution is 2.30. The Bertz CT molecular complexity index is 282. The van der Waals surface area contributed by atoms with Crippen LogP contribution in [-0.4, -0.2) is 11.8 Å². The SMILES string of the molecule is CC1CCC(NC2=CC(=O)CC2)CC1C. The molecular formula is C13H21NO. The third-order valence-electron chi connectivity index (χ3n) is 3.96. The molecule has 1 saturated carbocycles. The Morgan fingerprint density at radius 1 is 1.20 bits per heavy atom. The van der Waals surface area contributed by atoms with Crippen molar-refractivity contribution in [3.63, 3.8) is 0 Å². The van der Waals surface area contributed by atoms with Crippen molar-refractivity contribution in [2.45, 2.75) is 52.0 Å². The van der Waals surface area contributed by atoms with Crippen LogP contribution in [0.5, 0.6) is 0 Å². The molecule has 0 aromatic rings. The summed E-state index contributed by atoms with van der Waals surface area (Å²) in [5.41, 5.74) is 1.17. The minimum atomic E-state index is 0.287. The molecule has 0 aliphatic heterocycles. The molecular weight excluding hydrogens is 186 g/mol. The third-order valence-corrected chi connectivity index (χ3v) is 3.96. The average Bonchev–Trinajstić information content (AvgIpc) is 2.58. The van der Waals surface area contributed by atoms with E-state index in [9.17, 15) is 4.79 Å². The van der Waals surface area contributed by atoms with E-state index in [1.54, 1.807) is 6.08 Å². The van der Waals surface area contributed by atoms with Crippen molar-refractivity contribution in [3.8, 4) is 0 Å². The molecule has 0 aromatic carbocycles. The zero-order valence-corrected chi connectivity index (χ0v) is 9.75. The van der Waals surface area contributed by atoms with Crippen molar-refractivity contribution in [2.24, 2.45) is 11.8 Å². The maximum atomic E-state index is 11.1. The van der Waals surface area contributed by atoms with Gasteiger partial charge in [-0.05, 0) is 37.5 Å². The fourth-order valence-electron chi connectivity index (χ4n) is 2.65. The van der Waals surface area contributed by atoms with Crippen molar-refractivity contribution < 1.29 is 4.79 Å². The van der Waals surface area contributed by atoms with E-state index in [0.29, 0.717) is 12.5 Å². The largest absolute Gasteiger partial charge is 0.385 e. The minimum absolute atomic E-state index is 0.287. The van der Waals surface area contributed by atoms with Gasteiger partial charge in [-0.15, -0.1) is 0 Å². The van der Waals surface area contributed by atoms with Gasteiger partial charge in [0, 0.05) is 24.2 Å². The van der Waals surface area contributed by atoms with Gasteiger partial charge in [-0.25, -0.2) is 0 Å². The van der Waals surface area contributed by atoms with Gasteiger partial charge < -0.3 is 5.32 Å². The van der Waals surface area contributed by atoms with E-state index in [1.165, 1.54) is 25.0 Å². The van der Waals surface area contributed by atoms with Crippen molar-refractivity contribution in [2.75, 3.05) is 0 Å². The molecule has 0 spiro atoms. The van der Waals surface area contributed by atoms with Crippen molar-refractivity contribution in [1.29, 1.82) is 0 Å².